The first-order chi connectivity index (χ1) is 23.4. The molecular weight excluding hydrogens is 640 g/mol. The highest BCUT2D eigenvalue weighted by molar-refractivity contribution is 6.04. The first-order valence-corrected chi connectivity index (χ1v) is 19.0. The number of methoxy groups -OCH3 is 1. The van der Waals surface area contributed by atoms with Gasteiger partial charge >= 0.3 is 5.97 Å². The van der Waals surface area contributed by atoms with E-state index in [1.54, 1.807) is 27.9 Å². The van der Waals surface area contributed by atoms with Gasteiger partial charge in [-0.25, -0.2) is 0 Å². The number of likely N-dealkylation sites (N-methyl/N-ethyl adjacent to an activating group) is 3. The maximum atomic E-state index is 14.3. The molecule has 4 aliphatic rings. The third kappa shape index (κ3) is 9.65. The third-order valence-corrected chi connectivity index (χ3v) is 12.3. The van der Waals surface area contributed by atoms with E-state index in [1.165, 1.54) is 0 Å². The summed E-state index contributed by atoms with van der Waals surface area (Å²) in [6.45, 7) is 12.4. The molecule has 4 rings (SSSR count). The number of Topliss-reactive ketones (excluding diaryl/α,β-unsaturated/α-hetero) is 1. The summed E-state index contributed by atoms with van der Waals surface area (Å²) in [5.74, 6) is -1.11. The van der Waals surface area contributed by atoms with E-state index in [9.17, 15) is 19.5 Å². The van der Waals surface area contributed by atoms with E-state index in [2.05, 4.69) is 24.2 Å². The average Bonchev–Trinajstić information content (AvgIpc) is 3.90. The van der Waals surface area contributed by atoms with Crippen LogP contribution in [0.15, 0.2) is 0 Å². The molecular formula is C38H68N4O8. The molecule has 2 saturated heterocycles. The maximum absolute atomic E-state index is 14.3. The van der Waals surface area contributed by atoms with Crippen molar-refractivity contribution in [2.45, 2.75) is 147 Å². The molecule has 2 aliphatic heterocycles. The highest BCUT2D eigenvalue weighted by Crippen LogP contribution is 2.39. The molecule has 2 saturated carbocycles. The molecule has 0 unspecified atom stereocenters. The lowest BCUT2D eigenvalue weighted by Gasteiger charge is -2.47. The lowest BCUT2D eigenvalue weighted by Crippen LogP contribution is -2.59. The standard InChI is InChI=1S/C38H68N4O8/c1-23-19-38(6,47-11)34(50-35-32(44)29(40(7)8)18-24(2)49-35)25(3)33(45)37(4,5)36(46)48-22-30(41(9)21-23)26-12-16-28(17-13-26)42(10)31(43)20-39-27-14-15-27/h23-30,32,34-35,39,44H,12-22H2,1-11H3/t23-,24-,25+,26?,28?,29+,30-,32-,34-,35+,38-/m1/s1. The van der Waals surface area contributed by atoms with Crippen LogP contribution in [0.5, 0.6) is 0 Å². The molecule has 4 fully saturated rings. The molecule has 2 aliphatic carbocycles. The number of hydrogen-bond acceptors (Lipinski definition) is 11. The van der Waals surface area contributed by atoms with Crippen molar-refractivity contribution in [2.24, 2.45) is 23.2 Å². The molecule has 0 bridgehead atoms. The quantitative estimate of drug-likeness (QED) is 0.271. The number of rotatable bonds is 9. The Hall–Kier alpha value is -1.67. The summed E-state index contributed by atoms with van der Waals surface area (Å²) in [5, 5.41) is 14.7. The number of ether oxygens (including phenoxy) is 4. The lowest BCUT2D eigenvalue weighted by atomic mass is 9.74. The van der Waals surface area contributed by atoms with Crippen LogP contribution in [0.3, 0.4) is 0 Å². The van der Waals surface area contributed by atoms with Gasteiger partial charge in [0.25, 0.3) is 0 Å². The Morgan fingerprint density at radius 1 is 1.04 bits per heavy atom. The summed E-state index contributed by atoms with van der Waals surface area (Å²) in [7, 11) is 9.49. The Bertz CT molecular complexity index is 1160. The molecule has 0 radical (unpaired) electrons. The summed E-state index contributed by atoms with van der Waals surface area (Å²) in [6, 6.07) is 0.465. The van der Waals surface area contributed by atoms with Gasteiger partial charge in [0.15, 0.2) is 12.1 Å². The Balaban J connectivity index is 1.54. The molecule has 12 heteroatoms. The van der Waals surface area contributed by atoms with Crippen LogP contribution >= 0.6 is 0 Å². The van der Waals surface area contributed by atoms with Gasteiger partial charge < -0.3 is 39.2 Å². The van der Waals surface area contributed by atoms with Crippen molar-refractivity contribution in [3.63, 3.8) is 0 Å². The minimum atomic E-state index is -1.45. The first kappa shape index (κ1) is 41.1. The second-order valence-corrected chi connectivity index (χ2v) is 17.1. The summed E-state index contributed by atoms with van der Waals surface area (Å²) in [5.41, 5.74) is -2.39. The van der Waals surface area contributed by atoms with Crippen molar-refractivity contribution in [2.75, 3.05) is 55.0 Å². The number of carbonyl (C=O) groups is 3. The monoisotopic (exact) mass is 709 g/mol. The zero-order chi connectivity index (χ0) is 37.1. The number of nitrogens with zero attached hydrogens (tertiary/aromatic N) is 3. The first-order valence-electron chi connectivity index (χ1n) is 19.0. The van der Waals surface area contributed by atoms with Gasteiger partial charge in [-0.15, -0.1) is 0 Å². The number of esters is 1. The highest BCUT2D eigenvalue weighted by atomic mass is 16.7. The van der Waals surface area contributed by atoms with Gasteiger partial charge in [-0.2, -0.15) is 0 Å². The largest absolute Gasteiger partial charge is 0.463 e. The van der Waals surface area contributed by atoms with Gasteiger partial charge in [-0.1, -0.05) is 13.8 Å². The maximum Gasteiger partial charge on any atom is 0.319 e. The molecule has 12 nitrogen and oxygen atoms in total. The molecule has 0 aromatic heterocycles. The molecule has 1 amide bonds. The van der Waals surface area contributed by atoms with Crippen LogP contribution in [0.2, 0.25) is 0 Å². The number of carbonyl (C=O) groups excluding carboxylic acids is 3. The fourth-order valence-electron chi connectivity index (χ4n) is 8.78. The van der Waals surface area contributed by atoms with Gasteiger partial charge in [0.1, 0.15) is 18.1 Å². The highest BCUT2D eigenvalue weighted by Gasteiger charge is 2.51. The second-order valence-electron chi connectivity index (χ2n) is 17.1. The van der Waals surface area contributed by atoms with Crippen LogP contribution in [0.4, 0.5) is 0 Å². The number of ketones is 1. The van der Waals surface area contributed by atoms with E-state index in [0.717, 1.165) is 38.5 Å². The van der Waals surface area contributed by atoms with Crippen molar-refractivity contribution in [1.82, 2.24) is 20.0 Å². The van der Waals surface area contributed by atoms with Gasteiger partial charge in [0.2, 0.25) is 5.91 Å². The molecule has 2 N–H and O–H groups in total. The van der Waals surface area contributed by atoms with E-state index >= 15 is 0 Å². The van der Waals surface area contributed by atoms with Crippen molar-refractivity contribution >= 4 is 17.7 Å². The average molecular weight is 709 g/mol. The number of hydrogen-bond donors (Lipinski definition) is 2. The fourth-order valence-corrected chi connectivity index (χ4v) is 8.78. The number of cyclic esters (lactones) is 1. The molecule has 50 heavy (non-hydrogen) atoms. The number of aliphatic hydroxyl groups is 1. The number of aliphatic hydroxyl groups excluding tert-OH is 1. The summed E-state index contributed by atoms with van der Waals surface area (Å²) in [6.07, 6.45) is 4.25. The molecule has 288 valence electrons. The lowest BCUT2D eigenvalue weighted by molar-refractivity contribution is -0.295. The SMILES string of the molecule is CO[C@]1(C)C[C@@H](C)CN(C)[C@@H](C2CCC(N(C)C(=O)CNC3CC3)CC2)COC(=O)C(C)(C)C(=O)[C@H](C)[C@H]1O[C@@H]1O[C@H](C)C[C@H](N(C)C)[C@H]1O. The number of nitrogens with one attached hydrogen (secondary N) is 1. The Morgan fingerprint density at radius 2 is 1.68 bits per heavy atom. The number of amides is 1. The molecule has 0 spiro atoms. The van der Waals surface area contributed by atoms with E-state index in [-0.39, 0.29) is 54.4 Å². The van der Waals surface area contributed by atoms with Crippen LogP contribution in [0.1, 0.15) is 92.9 Å². The van der Waals surface area contributed by atoms with Crippen molar-refractivity contribution in [1.29, 1.82) is 0 Å². The van der Waals surface area contributed by atoms with Crippen molar-refractivity contribution in [3.05, 3.63) is 0 Å². The second kappa shape index (κ2) is 17.0. The van der Waals surface area contributed by atoms with Gasteiger partial charge in [0, 0.05) is 50.8 Å². The summed E-state index contributed by atoms with van der Waals surface area (Å²) in [4.78, 5) is 47.2. The smallest absolute Gasteiger partial charge is 0.319 e. The Morgan fingerprint density at radius 3 is 2.26 bits per heavy atom. The van der Waals surface area contributed by atoms with E-state index < -0.39 is 41.4 Å². The van der Waals surface area contributed by atoms with Crippen LogP contribution in [0, 0.1) is 23.2 Å². The van der Waals surface area contributed by atoms with E-state index in [0.29, 0.717) is 32.0 Å². The van der Waals surface area contributed by atoms with Crippen molar-refractivity contribution < 1.29 is 38.4 Å². The molecule has 0 aromatic carbocycles. The van der Waals surface area contributed by atoms with E-state index in [1.807, 2.05) is 44.8 Å². The minimum Gasteiger partial charge on any atom is -0.463 e. The van der Waals surface area contributed by atoms with Crippen LogP contribution in [-0.2, 0) is 33.3 Å². The predicted molar refractivity (Wildman–Crippen MR) is 191 cm³/mol. The summed E-state index contributed by atoms with van der Waals surface area (Å²) < 4.78 is 25.1. The van der Waals surface area contributed by atoms with Crippen LogP contribution < -0.4 is 5.32 Å². The normalized spacial score (nSPS) is 39.6. The Kier molecular flexibility index (Phi) is 14.0. The van der Waals surface area contributed by atoms with E-state index in [4.69, 9.17) is 18.9 Å². The van der Waals surface area contributed by atoms with Gasteiger partial charge in [0.05, 0.1) is 24.4 Å². The molecule has 2 heterocycles. The predicted octanol–water partition coefficient (Wildman–Crippen LogP) is 3.09. The Labute approximate surface area is 301 Å². The zero-order valence-electron chi connectivity index (χ0n) is 32.8. The molecule has 9 atom stereocenters. The van der Waals surface area contributed by atoms with Crippen LogP contribution in [-0.4, -0.2) is 147 Å². The minimum absolute atomic E-state index is 0.0416. The van der Waals surface area contributed by atoms with Gasteiger partial charge in [-0.05, 0) is 112 Å². The molecule has 0 aromatic rings. The van der Waals surface area contributed by atoms with Gasteiger partial charge in [-0.3, -0.25) is 19.3 Å². The zero-order valence-corrected chi connectivity index (χ0v) is 32.8. The topological polar surface area (TPSA) is 130 Å². The fraction of sp³-hybridized carbons (Fsp3) is 0.921. The van der Waals surface area contributed by atoms with Crippen LogP contribution in [0.25, 0.3) is 0 Å². The third-order valence-electron chi connectivity index (χ3n) is 12.3. The summed E-state index contributed by atoms with van der Waals surface area (Å²) >= 11 is 0. The van der Waals surface area contributed by atoms with Crippen molar-refractivity contribution in [3.8, 4) is 0 Å².